The van der Waals surface area contributed by atoms with E-state index >= 15 is 0 Å². The number of allylic oxidation sites excluding steroid dienone is 1. The van der Waals surface area contributed by atoms with Crippen molar-refractivity contribution >= 4 is 35.6 Å². The first-order valence-electron chi connectivity index (χ1n) is 5.78. The summed E-state index contributed by atoms with van der Waals surface area (Å²) < 4.78 is 2.58. The van der Waals surface area contributed by atoms with E-state index in [1.165, 1.54) is 0 Å². The molecule has 0 fully saturated rings. The summed E-state index contributed by atoms with van der Waals surface area (Å²) in [6, 6.07) is 7.88. The number of nitrogens with one attached hydrogen (secondary N) is 1. The lowest BCUT2D eigenvalue weighted by Crippen LogP contribution is -2.01. The first-order chi connectivity index (χ1) is 9.22. The molecule has 6 heteroatoms. The highest BCUT2D eigenvalue weighted by Crippen LogP contribution is 2.22. The monoisotopic (exact) mass is 311 g/mol. The Hall–Kier alpha value is -1.04. The second-order valence-corrected chi connectivity index (χ2v) is 5.71. The molecule has 2 rings (SSSR count). The van der Waals surface area contributed by atoms with Crippen LogP contribution in [0.25, 0.3) is 0 Å². The third-order valence-electron chi connectivity index (χ3n) is 2.60. The fourth-order valence-corrected chi connectivity index (χ4v) is 3.13. The van der Waals surface area contributed by atoms with Crippen molar-refractivity contribution in [2.24, 2.45) is 0 Å². The second-order valence-electron chi connectivity index (χ2n) is 3.93. The van der Waals surface area contributed by atoms with E-state index in [-0.39, 0.29) is 0 Å². The highest BCUT2D eigenvalue weighted by Gasteiger charge is 2.06. The molecule has 0 atom stereocenters. The lowest BCUT2D eigenvalue weighted by Gasteiger charge is -2.05. The van der Waals surface area contributed by atoms with Gasteiger partial charge in [-0.25, -0.2) is 0 Å². The molecule has 0 unspecified atom stereocenters. The van der Waals surface area contributed by atoms with E-state index in [1.54, 1.807) is 11.8 Å². The zero-order chi connectivity index (χ0) is 13.7. The van der Waals surface area contributed by atoms with Gasteiger partial charge >= 0.3 is 0 Å². The standard InChI is InChI=1S/C13H14ClN3S2/c1-2-7-17-12(15-16-13(17)18)9-19-8-10-5-3-4-6-11(10)14/h2-6H,1,7-9H2,(H,16,18). The fourth-order valence-electron chi connectivity index (χ4n) is 1.65. The molecular formula is C13H14ClN3S2. The summed E-state index contributed by atoms with van der Waals surface area (Å²) in [5, 5.41) is 7.85. The van der Waals surface area contributed by atoms with E-state index in [0.717, 1.165) is 27.9 Å². The average Bonchev–Trinajstić information content (AvgIpc) is 2.74. The lowest BCUT2D eigenvalue weighted by atomic mass is 10.2. The maximum Gasteiger partial charge on any atom is 0.195 e. The minimum absolute atomic E-state index is 0.633. The number of aromatic amines is 1. The third kappa shape index (κ3) is 3.72. The van der Waals surface area contributed by atoms with Gasteiger partial charge in [0.25, 0.3) is 0 Å². The van der Waals surface area contributed by atoms with Crippen LogP contribution < -0.4 is 0 Å². The number of thioether (sulfide) groups is 1. The molecule has 0 saturated heterocycles. The van der Waals surface area contributed by atoms with E-state index in [1.807, 2.05) is 34.9 Å². The maximum absolute atomic E-state index is 6.12. The molecule has 0 radical (unpaired) electrons. The van der Waals surface area contributed by atoms with Gasteiger partial charge in [-0.3, -0.25) is 9.67 Å². The van der Waals surface area contributed by atoms with Gasteiger partial charge in [0.05, 0.1) is 5.75 Å². The number of nitrogens with zero attached hydrogens (tertiary/aromatic N) is 2. The van der Waals surface area contributed by atoms with Crippen molar-refractivity contribution < 1.29 is 0 Å². The average molecular weight is 312 g/mol. The van der Waals surface area contributed by atoms with Gasteiger partial charge < -0.3 is 0 Å². The van der Waals surface area contributed by atoms with Gasteiger partial charge in [-0.1, -0.05) is 35.9 Å². The van der Waals surface area contributed by atoms with Crippen molar-refractivity contribution in [3.63, 3.8) is 0 Å². The van der Waals surface area contributed by atoms with Crippen LogP contribution in [0, 0.1) is 4.77 Å². The third-order valence-corrected chi connectivity index (χ3v) is 4.25. The Morgan fingerprint density at radius 3 is 2.95 bits per heavy atom. The molecule has 0 spiro atoms. The van der Waals surface area contributed by atoms with E-state index in [2.05, 4.69) is 16.8 Å². The largest absolute Gasteiger partial charge is 0.300 e. The zero-order valence-electron chi connectivity index (χ0n) is 10.3. The molecule has 1 aromatic carbocycles. The van der Waals surface area contributed by atoms with Crippen LogP contribution in [0.15, 0.2) is 36.9 Å². The van der Waals surface area contributed by atoms with Crippen LogP contribution in [0.3, 0.4) is 0 Å². The second kappa shape index (κ2) is 6.93. The summed E-state index contributed by atoms with van der Waals surface area (Å²) in [4.78, 5) is 0. The highest BCUT2D eigenvalue weighted by molar-refractivity contribution is 7.97. The molecule has 1 N–H and O–H groups in total. The molecule has 0 aliphatic carbocycles. The number of rotatable bonds is 6. The Kier molecular flexibility index (Phi) is 5.24. The van der Waals surface area contributed by atoms with Crippen molar-refractivity contribution in [1.29, 1.82) is 0 Å². The number of halogens is 1. The summed E-state index contributed by atoms with van der Waals surface area (Å²) in [7, 11) is 0. The quantitative estimate of drug-likeness (QED) is 0.641. The van der Waals surface area contributed by atoms with Crippen LogP contribution in [0.4, 0.5) is 0 Å². The summed E-state index contributed by atoms with van der Waals surface area (Å²) in [6.45, 7) is 4.40. The van der Waals surface area contributed by atoms with Gasteiger partial charge in [-0.15, -0.1) is 18.3 Å². The summed E-state index contributed by atoms with van der Waals surface area (Å²) in [5.74, 6) is 2.57. The number of hydrogen-bond acceptors (Lipinski definition) is 3. The van der Waals surface area contributed by atoms with Gasteiger partial charge in [0.15, 0.2) is 4.77 Å². The topological polar surface area (TPSA) is 33.6 Å². The van der Waals surface area contributed by atoms with Crippen LogP contribution in [0.2, 0.25) is 5.02 Å². The smallest absolute Gasteiger partial charge is 0.195 e. The van der Waals surface area contributed by atoms with Crippen molar-refractivity contribution in [2.45, 2.75) is 18.1 Å². The predicted molar refractivity (Wildman–Crippen MR) is 84.1 cm³/mol. The molecule has 2 aromatic rings. The Morgan fingerprint density at radius 1 is 1.42 bits per heavy atom. The Bertz CT molecular complexity index is 618. The lowest BCUT2D eigenvalue weighted by molar-refractivity contribution is 0.766. The van der Waals surface area contributed by atoms with Crippen LogP contribution in [-0.2, 0) is 18.1 Å². The van der Waals surface area contributed by atoms with Gasteiger partial charge in [-0.2, -0.15) is 5.10 Å². The van der Waals surface area contributed by atoms with E-state index < -0.39 is 0 Å². The maximum atomic E-state index is 6.12. The van der Waals surface area contributed by atoms with Crippen LogP contribution >= 0.6 is 35.6 Å². The number of aromatic nitrogens is 3. The first kappa shape index (κ1) is 14.4. The van der Waals surface area contributed by atoms with Crippen molar-refractivity contribution in [1.82, 2.24) is 14.8 Å². The zero-order valence-corrected chi connectivity index (χ0v) is 12.7. The van der Waals surface area contributed by atoms with Crippen LogP contribution in [0.5, 0.6) is 0 Å². The Labute approximate surface area is 126 Å². The molecule has 1 aromatic heterocycles. The summed E-state index contributed by atoms with van der Waals surface area (Å²) >= 11 is 13.0. The minimum atomic E-state index is 0.633. The normalized spacial score (nSPS) is 10.6. The molecule has 0 saturated carbocycles. The van der Waals surface area contributed by atoms with E-state index in [0.29, 0.717) is 11.3 Å². The van der Waals surface area contributed by atoms with Crippen molar-refractivity contribution in [3.05, 3.63) is 58.1 Å². The minimum Gasteiger partial charge on any atom is -0.300 e. The first-order valence-corrected chi connectivity index (χ1v) is 7.72. The molecule has 19 heavy (non-hydrogen) atoms. The molecule has 0 bridgehead atoms. The van der Waals surface area contributed by atoms with Crippen molar-refractivity contribution in [2.75, 3.05) is 0 Å². The molecule has 3 nitrogen and oxygen atoms in total. The van der Waals surface area contributed by atoms with Crippen LogP contribution in [-0.4, -0.2) is 14.8 Å². The molecule has 0 aliphatic heterocycles. The van der Waals surface area contributed by atoms with Crippen LogP contribution in [0.1, 0.15) is 11.4 Å². The van der Waals surface area contributed by atoms with Gasteiger partial charge in [0.2, 0.25) is 0 Å². The number of benzene rings is 1. The molecule has 1 heterocycles. The van der Waals surface area contributed by atoms with Gasteiger partial charge in [-0.05, 0) is 23.8 Å². The highest BCUT2D eigenvalue weighted by atomic mass is 35.5. The Morgan fingerprint density at radius 2 is 2.21 bits per heavy atom. The summed E-state index contributed by atoms with van der Waals surface area (Å²) in [5.41, 5.74) is 1.14. The number of hydrogen-bond donors (Lipinski definition) is 1. The Balaban J connectivity index is 1.98. The van der Waals surface area contributed by atoms with Crippen molar-refractivity contribution in [3.8, 4) is 0 Å². The molecule has 100 valence electrons. The van der Waals surface area contributed by atoms with E-state index in [9.17, 15) is 0 Å². The molecule has 0 aliphatic rings. The van der Waals surface area contributed by atoms with E-state index in [4.69, 9.17) is 23.8 Å². The SMILES string of the molecule is C=CCn1c(CSCc2ccccc2Cl)n[nH]c1=S. The molecule has 0 amide bonds. The fraction of sp³-hybridized carbons (Fsp3) is 0.231. The molecular weight excluding hydrogens is 298 g/mol. The van der Waals surface area contributed by atoms with Gasteiger partial charge in [0, 0.05) is 17.3 Å². The van der Waals surface area contributed by atoms with Gasteiger partial charge in [0.1, 0.15) is 5.82 Å². The number of H-pyrrole nitrogens is 1. The predicted octanol–water partition coefficient (Wildman–Crippen LogP) is 4.21. The summed E-state index contributed by atoms with van der Waals surface area (Å²) in [6.07, 6.45) is 1.81.